The number of carbonyl (C=O) groups excluding carboxylic acids is 3. The lowest BCUT2D eigenvalue weighted by Crippen LogP contribution is -2.37. The van der Waals surface area contributed by atoms with Gasteiger partial charge in [-0.2, -0.15) is 0 Å². The van der Waals surface area contributed by atoms with Crippen molar-refractivity contribution in [2.75, 3.05) is 13.7 Å². The Morgan fingerprint density at radius 3 is 2.45 bits per heavy atom. The minimum absolute atomic E-state index is 0.575. The van der Waals surface area contributed by atoms with Gasteiger partial charge in [-0.3, -0.25) is 10.1 Å². The number of esters is 1. The molecule has 7 nitrogen and oxygen atoms in total. The Morgan fingerprint density at radius 1 is 1.25 bits per heavy atom. The number of imide groups is 1. The molecule has 0 fully saturated rings. The van der Waals surface area contributed by atoms with Gasteiger partial charge in [0, 0.05) is 6.08 Å². The third kappa shape index (κ3) is 5.67. The Kier molecular flexibility index (Phi) is 5.76. The fourth-order valence-electron chi connectivity index (χ4n) is 1.24. The van der Waals surface area contributed by atoms with E-state index in [4.69, 9.17) is 10.5 Å². The lowest BCUT2D eigenvalue weighted by atomic mass is 10.2. The van der Waals surface area contributed by atoms with Gasteiger partial charge in [0.25, 0.3) is 5.91 Å². The Labute approximate surface area is 115 Å². The quantitative estimate of drug-likeness (QED) is 0.600. The Hall–Kier alpha value is -2.83. The smallest absolute Gasteiger partial charge is 0.331 e. The van der Waals surface area contributed by atoms with E-state index in [1.165, 1.54) is 12.2 Å². The summed E-state index contributed by atoms with van der Waals surface area (Å²) in [4.78, 5) is 32.6. The summed E-state index contributed by atoms with van der Waals surface area (Å²) in [5.41, 5.74) is 5.49. The maximum atomic E-state index is 11.3. The van der Waals surface area contributed by atoms with Gasteiger partial charge in [-0.15, -0.1) is 0 Å². The molecule has 106 valence electrons. The molecule has 0 aliphatic carbocycles. The van der Waals surface area contributed by atoms with Crippen LogP contribution < -0.4 is 15.8 Å². The molecule has 1 rings (SSSR count). The standard InChI is InChI=1S/C13H14N2O5/c1-19-10-5-2-9(3-6-10)4-7-12(17)20-8-11(16)15-13(14)18/h2-7H,8H2,1H3,(H3,14,15,16,18)/b7-4+. The van der Waals surface area contributed by atoms with Crippen molar-refractivity contribution in [3.05, 3.63) is 35.9 Å². The molecule has 1 aromatic carbocycles. The molecular weight excluding hydrogens is 264 g/mol. The van der Waals surface area contributed by atoms with Crippen LogP contribution in [0.3, 0.4) is 0 Å². The highest BCUT2D eigenvalue weighted by molar-refractivity contribution is 5.95. The van der Waals surface area contributed by atoms with Crippen molar-refractivity contribution in [3.63, 3.8) is 0 Å². The van der Waals surface area contributed by atoms with Crippen LogP contribution in [0.25, 0.3) is 6.08 Å². The highest BCUT2D eigenvalue weighted by atomic mass is 16.5. The van der Waals surface area contributed by atoms with Crippen molar-refractivity contribution in [2.24, 2.45) is 5.73 Å². The molecule has 0 aliphatic heterocycles. The van der Waals surface area contributed by atoms with E-state index in [2.05, 4.69) is 4.74 Å². The zero-order chi connectivity index (χ0) is 15.0. The van der Waals surface area contributed by atoms with Crippen molar-refractivity contribution in [3.8, 4) is 5.75 Å². The second kappa shape index (κ2) is 7.57. The number of primary amides is 1. The van der Waals surface area contributed by atoms with Crippen molar-refractivity contribution < 1.29 is 23.9 Å². The topological polar surface area (TPSA) is 108 Å². The fraction of sp³-hybridized carbons (Fsp3) is 0.154. The predicted molar refractivity (Wildman–Crippen MR) is 70.7 cm³/mol. The third-order valence-electron chi connectivity index (χ3n) is 2.14. The van der Waals surface area contributed by atoms with Gasteiger partial charge >= 0.3 is 12.0 Å². The largest absolute Gasteiger partial charge is 0.497 e. The second-order valence-corrected chi connectivity index (χ2v) is 3.63. The van der Waals surface area contributed by atoms with E-state index in [9.17, 15) is 14.4 Å². The Bertz CT molecular complexity index is 522. The van der Waals surface area contributed by atoms with E-state index in [0.717, 1.165) is 5.56 Å². The molecule has 3 amide bonds. The molecule has 0 saturated heterocycles. The van der Waals surface area contributed by atoms with E-state index in [-0.39, 0.29) is 0 Å². The first kappa shape index (κ1) is 15.2. The van der Waals surface area contributed by atoms with Gasteiger partial charge in [0.2, 0.25) is 0 Å². The summed E-state index contributed by atoms with van der Waals surface area (Å²) < 4.78 is 9.59. The van der Waals surface area contributed by atoms with Crippen molar-refractivity contribution in [2.45, 2.75) is 0 Å². The number of ether oxygens (including phenoxy) is 2. The van der Waals surface area contributed by atoms with Crippen LogP contribution >= 0.6 is 0 Å². The summed E-state index contributed by atoms with van der Waals surface area (Å²) in [5.74, 6) is -0.794. The maximum Gasteiger partial charge on any atom is 0.331 e. The molecule has 0 bridgehead atoms. The Morgan fingerprint density at radius 2 is 1.90 bits per heavy atom. The molecule has 0 aliphatic rings. The van der Waals surface area contributed by atoms with Crippen molar-refractivity contribution in [1.29, 1.82) is 0 Å². The molecule has 7 heteroatoms. The molecule has 0 heterocycles. The molecule has 0 saturated carbocycles. The second-order valence-electron chi connectivity index (χ2n) is 3.63. The monoisotopic (exact) mass is 278 g/mol. The summed E-state index contributed by atoms with van der Waals surface area (Å²) in [6.07, 6.45) is 2.69. The maximum absolute atomic E-state index is 11.3. The van der Waals surface area contributed by atoms with Gasteiger partial charge in [0.15, 0.2) is 6.61 Å². The van der Waals surface area contributed by atoms with E-state index in [1.807, 2.05) is 0 Å². The van der Waals surface area contributed by atoms with Crippen LogP contribution in [0.15, 0.2) is 30.3 Å². The van der Waals surface area contributed by atoms with Crippen LogP contribution in [-0.4, -0.2) is 31.6 Å². The van der Waals surface area contributed by atoms with E-state index in [1.54, 1.807) is 36.7 Å². The highest BCUT2D eigenvalue weighted by Crippen LogP contribution is 2.12. The molecule has 0 unspecified atom stereocenters. The average Bonchev–Trinajstić information content (AvgIpc) is 2.42. The van der Waals surface area contributed by atoms with Gasteiger partial charge in [-0.1, -0.05) is 12.1 Å². The SMILES string of the molecule is COc1ccc(/C=C/C(=O)OCC(=O)NC(N)=O)cc1. The molecule has 20 heavy (non-hydrogen) atoms. The molecule has 0 spiro atoms. The van der Waals surface area contributed by atoms with E-state index >= 15 is 0 Å². The summed E-state index contributed by atoms with van der Waals surface area (Å²) >= 11 is 0. The summed E-state index contributed by atoms with van der Waals surface area (Å²) in [5, 5.41) is 1.77. The van der Waals surface area contributed by atoms with Gasteiger partial charge < -0.3 is 15.2 Å². The minimum atomic E-state index is -1.00. The number of nitrogens with two attached hydrogens (primary N) is 1. The number of nitrogens with one attached hydrogen (secondary N) is 1. The van der Waals surface area contributed by atoms with Crippen LogP contribution in [0, 0.1) is 0 Å². The van der Waals surface area contributed by atoms with Gasteiger partial charge in [0.05, 0.1) is 7.11 Å². The number of amides is 3. The van der Waals surface area contributed by atoms with Gasteiger partial charge in [-0.05, 0) is 23.8 Å². The zero-order valence-corrected chi connectivity index (χ0v) is 10.8. The molecule has 0 atom stereocenters. The molecule has 1 aromatic rings. The minimum Gasteiger partial charge on any atom is -0.497 e. The van der Waals surface area contributed by atoms with Crippen LogP contribution in [0.1, 0.15) is 5.56 Å². The summed E-state index contributed by atoms with van der Waals surface area (Å²) in [6, 6.07) is 5.99. The van der Waals surface area contributed by atoms with Crippen LogP contribution in [0.2, 0.25) is 0 Å². The molecule has 3 N–H and O–H groups in total. The van der Waals surface area contributed by atoms with E-state index in [0.29, 0.717) is 5.75 Å². The van der Waals surface area contributed by atoms with Crippen molar-refractivity contribution >= 4 is 24.0 Å². The average molecular weight is 278 g/mol. The molecule has 0 radical (unpaired) electrons. The highest BCUT2D eigenvalue weighted by Gasteiger charge is 2.06. The molecule has 0 aromatic heterocycles. The summed E-state index contributed by atoms with van der Waals surface area (Å²) in [7, 11) is 1.55. The number of carbonyl (C=O) groups is 3. The molecular formula is C13H14N2O5. The Balaban J connectivity index is 2.42. The number of hydrogen-bond donors (Lipinski definition) is 2. The lowest BCUT2D eigenvalue weighted by molar-refractivity contribution is -0.143. The normalized spacial score (nSPS) is 10.1. The van der Waals surface area contributed by atoms with Crippen LogP contribution in [0.4, 0.5) is 4.79 Å². The first-order valence-electron chi connectivity index (χ1n) is 5.59. The third-order valence-corrected chi connectivity index (χ3v) is 2.14. The number of rotatable bonds is 5. The van der Waals surface area contributed by atoms with Crippen LogP contribution in [0.5, 0.6) is 5.75 Å². The van der Waals surface area contributed by atoms with Gasteiger partial charge in [-0.25, -0.2) is 9.59 Å². The van der Waals surface area contributed by atoms with Gasteiger partial charge in [0.1, 0.15) is 5.75 Å². The zero-order valence-electron chi connectivity index (χ0n) is 10.8. The first-order valence-corrected chi connectivity index (χ1v) is 5.59. The van der Waals surface area contributed by atoms with E-state index < -0.39 is 24.5 Å². The first-order chi connectivity index (χ1) is 9.51. The fourth-order valence-corrected chi connectivity index (χ4v) is 1.24. The number of benzene rings is 1. The van der Waals surface area contributed by atoms with Crippen molar-refractivity contribution in [1.82, 2.24) is 5.32 Å². The number of urea groups is 1. The number of methoxy groups -OCH3 is 1. The summed E-state index contributed by atoms with van der Waals surface area (Å²) in [6.45, 7) is -0.575. The number of hydrogen-bond acceptors (Lipinski definition) is 5. The van der Waals surface area contributed by atoms with Crippen LogP contribution in [-0.2, 0) is 14.3 Å². The predicted octanol–water partition coefficient (Wildman–Crippen LogP) is 0.447. The lowest BCUT2D eigenvalue weighted by Gasteiger charge is -2.01.